The van der Waals surface area contributed by atoms with Crippen LogP contribution in [0.5, 0.6) is 0 Å². The molecule has 3 N–H and O–H groups in total. The fraction of sp³-hybridized carbons (Fsp3) is 0.700. The lowest BCUT2D eigenvalue weighted by Gasteiger charge is -2.24. The van der Waals surface area contributed by atoms with Crippen molar-refractivity contribution in [3.05, 3.63) is 28.8 Å². The molecule has 1 aromatic carbocycles. The predicted octanol–water partition coefficient (Wildman–Crippen LogP) is 4.82. The van der Waals surface area contributed by atoms with Crippen LogP contribution in [-0.2, 0) is 14.2 Å². The third kappa shape index (κ3) is 10.7. The Morgan fingerprint density at radius 1 is 0.909 bits per heavy atom. The summed E-state index contributed by atoms with van der Waals surface area (Å²) >= 11 is 0. The van der Waals surface area contributed by atoms with Crippen LogP contribution in [0.4, 0.5) is 32.8 Å². The third-order valence-corrected chi connectivity index (χ3v) is 6.81. The lowest BCUT2D eigenvalue weighted by atomic mass is 10.1. The van der Waals surface area contributed by atoms with E-state index in [0.29, 0.717) is 13.1 Å². The Balaban J connectivity index is 0.000000378. The average molecular weight is 635 g/mol. The monoisotopic (exact) mass is 634 g/mol. The van der Waals surface area contributed by atoms with E-state index >= 15 is 0 Å². The molecule has 0 radical (unpaired) electrons. The van der Waals surface area contributed by atoms with Gasteiger partial charge in [0, 0.05) is 43.6 Å². The molecule has 2 saturated heterocycles. The molecule has 44 heavy (non-hydrogen) atoms. The van der Waals surface area contributed by atoms with Gasteiger partial charge in [-0.3, -0.25) is 8.78 Å². The van der Waals surface area contributed by atoms with Gasteiger partial charge >= 0.3 is 18.2 Å². The molecule has 2 aliphatic rings. The molecule has 250 valence electrons. The van der Waals surface area contributed by atoms with E-state index in [1.807, 2.05) is 0 Å². The molecule has 0 spiro atoms. The van der Waals surface area contributed by atoms with Gasteiger partial charge in [-0.05, 0) is 61.5 Å². The highest BCUT2D eigenvalue weighted by atomic mass is 19.1. The summed E-state index contributed by atoms with van der Waals surface area (Å²) in [5.74, 6) is -3.42. The number of esters is 1. The molecule has 2 amide bonds. The fourth-order valence-electron chi connectivity index (χ4n) is 4.84. The number of benzene rings is 1. The van der Waals surface area contributed by atoms with Crippen molar-refractivity contribution in [3.63, 3.8) is 0 Å². The van der Waals surface area contributed by atoms with E-state index in [0.717, 1.165) is 6.07 Å². The number of carbonyl (C=O) groups is 3. The topological polar surface area (TPSA) is 118 Å². The highest BCUT2D eigenvalue weighted by molar-refractivity contribution is 5.91. The van der Waals surface area contributed by atoms with Crippen LogP contribution in [0.1, 0.15) is 64.4 Å². The summed E-state index contributed by atoms with van der Waals surface area (Å²) in [7, 11) is 0. The molecule has 1 aromatic rings. The average Bonchev–Trinajstić information content (AvgIpc) is 3.50. The molecule has 2 heterocycles. The van der Waals surface area contributed by atoms with Gasteiger partial charge in [0.25, 0.3) is 0 Å². The zero-order valence-corrected chi connectivity index (χ0v) is 26.7. The Labute approximate surface area is 256 Å². The quantitative estimate of drug-likeness (QED) is 0.222. The van der Waals surface area contributed by atoms with Gasteiger partial charge in [-0.2, -0.15) is 0 Å². The zero-order valence-electron chi connectivity index (χ0n) is 26.7. The van der Waals surface area contributed by atoms with Crippen molar-refractivity contribution in [2.75, 3.05) is 51.0 Å². The van der Waals surface area contributed by atoms with E-state index < -0.39 is 71.9 Å². The standard InChI is InChI=1S/C20H27F3N2O4.C10H19FN2O2/c1-6-28-18(26)13-7-14(22)17(11(2)16(13)23)25-9-12(8-21)15(10-25)24-19(27)29-20(3,4)5;1-10(2,3)15-9(14)13-8-6-12-5-7(8)4-11/h7,12,15H,6,8-10H2,1-5H3,(H,24,27);7-8,12H,4-6H2,1-3H3,(H,13,14)/t12-,15+;7-,8+/m00/s1. The summed E-state index contributed by atoms with van der Waals surface area (Å²) in [6, 6.07) is -0.0133. The molecule has 14 heteroatoms. The third-order valence-electron chi connectivity index (χ3n) is 6.81. The van der Waals surface area contributed by atoms with Crippen LogP contribution >= 0.6 is 0 Å². The van der Waals surface area contributed by atoms with E-state index in [-0.39, 0.29) is 42.9 Å². The van der Waals surface area contributed by atoms with Crippen LogP contribution in [-0.4, -0.2) is 87.6 Å². The first-order valence-corrected chi connectivity index (χ1v) is 14.6. The normalized spacial score (nSPS) is 21.7. The minimum atomic E-state index is -0.953. The summed E-state index contributed by atoms with van der Waals surface area (Å²) < 4.78 is 70.5. The van der Waals surface area contributed by atoms with Crippen LogP contribution in [0.3, 0.4) is 0 Å². The number of rotatable bonds is 7. The number of halogens is 4. The maximum Gasteiger partial charge on any atom is 0.407 e. The maximum absolute atomic E-state index is 14.8. The molecule has 0 aliphatic carbocycles. The Hall–Kier alpha value is -3.29. The van der Waals surface area contributed by atoms with Crippen molar-refractivity contribution in [1.82, 2.24) is 16.0 Å². The van der Waals surface area contributed by atoms with Crippen LogP contribution < -0.4 is 20.9 Å². The summed E-state index contributed by atoms with van der Waals surface area (Å²) in [5.41, 5.74) is -1.87. The molecule has 0 aromatic heterocycles. The van der Waals surface area contributed by atoms with Crippen molar-refractivity contribution in [1.29, 1.82) is 0 Å². The summed E-state index contributed by atoms with van der Waals surface area (Å²) in [5, 5.41) is 8.31. The fourth-order valence-corrected chi connectivity index (χ4v) is 4.84. The van der Waals surface area contributed by atoms with Gasteiger partial charge in [-0.1, -0.05) is 0 Å². The molecule has 3 rings (SSSR count). The van der Waals surface area contributed by atoms with Gasteiger partial charge in [0.1, 0.15) is 22.8 Å². The number of carbonyl (C=O) groups excluding carboxylic acids is 3. The van der Waals surface area contributed by atoms with E-state index in [1.54, 1.807) is 48.5 Å². The molecule has 2 aliphatic heterocycles. The number of hydrogen-bond acceptors (Lipinski definition) is 8. The summed E-state index contributed by atoms with van der Waals surface area (Å²) in [6.45, 7) is 13.6. The maximum atomic E-state index is 14.8. The number of nitrogens with zero attached hydrogens (tertiary/aromatic N) is 1. The van der Waals surface area contributed by atoms with Crippen LogP contribution in [0.15, 0.2) is 6.07 Å². The van der Waals surface area contributed by atoms with E-state index in [1.165, 1.54) is 11.8 Å². The van der Waals surface area contributed by atoms with Gasteiger partial charge in [0.15, 0.2) is 0 Å². The Morgan fingerprint density at radius 3 is 1.95 bits per heavy atom. The van der Waals surface area contributed by atoms with Crippen molar-refractivity contribution in [2.45, 2.75) is 78.7 Å². The van der Waals surface area contributed by atoms with Gasteiger partial charge in [-0.25, -0.2) is 23.2 Å². The minimum absolute atomic E-state index is 0.0308. The van der Waals surface area contributed by atoms with Crippen LogP contribution in [0, 0.1) is 30.4 Å². The molecular formula is C30H46F4N4O6. The van der Waals surface area contributed by atoms with E-state index in [4.69, 9.17) is 14.2 Å². The number of alkyl halides is 2. The number of amides is 2. The lowest BCUT2D eigenvalue weighted by Crippen LogP contribution is -2.43. The van der Waals surface area contributed by atoms with Gasteiger partial charge in [0.05, 0.1) is 43.3 Å². The second kappa shape index (κ2) is 15.6. The molecule has 0 saturated carbocycles. The summed E-state index contributed by atoms with van der Waals surface area (Å²) in [6.07, 6.45) is -1.18. The van der Waals surface area contributed by atoms with E-state index in [2.05, 4.69) is 16.0 Å². The van der Waals surface area contributed by atoms with Crippen molar-refractivity contribution in [2.24, 2.45) is 11.8 Å². The van der Waals surface area contributed by atoms with Gasteiger partial charge in [-0.15, -0.1) is 0 Å². The SMILES string of the molecule is CC(C)(C)OC(=O)N[C@@H]1CNC[C@@H]1CF.CCOC(=O)c1cc(F)c(N2C[C@H](CF)[C@H](NC(=O)OC(C)(C)C)C2)c(C)c1F. The highest BCUT2D eigenvalue weighted by Gasteiger charge is 2.37. The largest absolute Gasteiger partial charge is 0.462 e. The Kier molecular flexibility index (Phi) is 13.1. The minimum Gasteiger partial charge on any atom is -0.462 e. The molecule has 10 nitrogen and oxygen atoms in total. The number of nitrogens with one attached hydrogen (secondary N) is 3. The molecule has 0 bridgehead atoms. The van der Waals surface area contributed by atoms with Crippen LogP contribution in [0.2, 0.25) is 0 Å². The second-order valence-electron chi connectivity index (χ2n) is 12.8. The van der Waals surface area contributed by atoms with Crippen LogP contribution in [0.25, 0.3) is 0 Å². The highest BCUT2D eigenvalue weighted by Crippen LogP contribution is 2.33. The zero-order chi connectivity index (χ0) is 33.4. The first-order valence-electron chi connectivity index (χ1n) is 14.6. The first-order chi connectivity index (χ1) is 20.4. The summed E-state index contributed by atoms with van der Waals surface area (Å²) in [4.78, 5) is 36.7. The van der Waals surface area contributed by atoms with E-state index in [9.17, 15) is 31.9 Å². The van der Waals surface area contributed by atoms with Crippen molar-refractivity contribution in [3.8, 4) is 0 Å². The number of anilines is 1. The van der Waals surface area contributed by atoms with Crippen molar-refractivity contribution < 1.29 is 46.2 Å². The second-order valence-corrected chi connectivity index (χ2v) is 12.8. The number of ether oxygens (including phenoxy) is 3. The molecule has 0 unspecified atom stereocenters. The molecule has 4 atom stereocenters. The molecular weight excluding hydrogens is 588 g/mol. The molecule has 2 fully saturated rings. The lowest BCUT2D eigenvalue weighted by molar-refractivity contribution is 0.0482. The van der Waals surface area contributed by atoms with Crippen molar-refractivity contribution >= 4 is 23.8 Å². The smallest absolute Gasteiger partial charge is 0.407 e. The first kappa shape index (κ1) is 36.9. The number of alkyl carbamates (subject to hydrolysis) is 2. The predicted molar refractivity (Wildman–Crippen MR) is 157 cm³/mol. The Bertz CT molecular complexity index is 1160. The Morgan fingerprint density at radius 2 is 1.45 bits per heavy atom. The van der Waals surface area contributed by atoms with Gasteiger partial charge < -0.3 is 35.1 Å². The van der Waals surface area contributed by atoms with Gasteiger partial charge in [0.2, 0.25) is 0 Å². The number of hydrogen-bond donors (Lipinski definition) is 3.